The first-order valence-electron chi connectivity index (χ1n) is 9.71. The summed E-state index contributed by atoms with van der Waals surface area (Å²) >= 11 is 6.01. The van der Waals surface area contributed by atoms with Crippen LogP contribution in [-0.4, -0.2) is 35.8 Å². The molecule has 5 rings (SSSR count). The maximum absolute atomic E-state index is 13.3. The van der Waals surface area contributed by atoms with Crippen molar-refractivity contribution in [3.8, 4) is 5.75 Å². The number of carbonyl (C=O) groups excluding carboxylic acids is 3. The number of amides is 3. The van der Waals surface area contributed by atoms with Crippen LogP contribution in [0.25, 0.3) is 0 Å². The zero-order valence-corrected chi connectivity index (χ0v) is 17.2. The highest BCUT2D eigenvalue weighted by atomic mass is 35.5. The van der Waals surface area contributed by atoms with Gasteiger partial charge in [0.05, 0.1) is 24.3 Å². The fourth-order valence-electron chi connectivity index (χ4n) is 4.23. The van der Waals surface area contributed by atoms with E-state index in [-0.39, 0.29) is 5.91 Å². The lowest BCUT2D eigenvalue weighted by Gasteiger charge is -2.49. The van der Waals surface area contributed by atoms with E-state index in [4.69, 9.17) is 16.3 Å². The zero-order valence-electron chi connectivity index (χ0n) is 16.5. The van der Waals surface area contributed by atoms with Crippen LogP contribution in [0.3, 0.4) is 0 Å². The second kappa shape index (κ2) is 7.25. The van der Waals surface area contributed by atoms with E-state index >= 15 is 0 Å². The number of halogens is 1. The van der Waals surface area contributed by atoms with Gasteiger partial charge in [-0.25, -0.2) is 0 Å². The van der Waals surface area contributed by atoms with Crippen LogP contribution in [0, 0.1) is 0 Å². The van der Waals surface area contributed by atoms with Gasteiger partial charge in [-0.1, -0.05) is 35.9 Å². The Morgan fingerprint density at radius 2 is 1.42 bits per heavy atom. The van der Waals surface area contributed by atoms with Gasteiger partial charge in [0.15, 0.2) is 0 Å². The number of rotatable bonds is 4. The summed E-state index contributed by atoms with van der Waals surface area (Å²) in [5, 5.41) is 0.548. The molecule has 2 atom stereocenters. The van der Waals surface area contributed by atoms with Crippen molar-refractivity contribution in [2.45, 2.75) is 12.1 Å². The van der Waals surface area contributed by atoms with Crippen LogP contribution < -0.4 is 9.64 Å². The second-order valence-electron chi connectivity index (χ2n) is 7.38. The molecule has 2 aliphatic rings. The van der Waals surface area contributed by atoms with Gasteiger partial charge in [0.2, 0.25) is 0 Å². The van der Waals surface area contributed by atoms with Crippen LogP contribution in [0.5, 0.6) is 5.75 Å². The molecular formula is C24H17ClN2O4. The fraction of sp³-hybridized carbons (Fsp3) is 0.125. The van der Waals surface area contributed by atoms with Gasteiger partial charge in [-0.3, -0.25) is 19.3 Å². The Bertz CT molecular complexity index is 1190. The maximum atomic E-state index is 13.3. The Labute approximate surface area is 183 Å². The molecule has 3 aromatic carbocycles. The number of anilines is 1. The summed E-state index contributed by atoms with van der Waals surface area (Å²) in [5.41, 5.74) is 2.02. The molecule has 0 spiro atoms. The first-order chi connectivity index (χ1) is 15.0. The summed E-state index contributed by atoms with van der Waals surface area (Å²) in [7, 11) is 1.56. The summed E-state index contributed by atoms with van der Waals surface area (Å²) in [5.74, 6) is -0.621. The molecule has 2 unspecified atom stereocenters. The van der Waals surface area contributed by atoms with E-state index in [9.17, 15) is 14.4 Å². The Hall–Kier alpha value is -3.64. The molecule has 7 heteroatoms. The molecule has 0 saturated carbocycles. The quantitative estimate of drug-likeness (QED) is 0.460. The largest absolute Gasteiger partial charge is 0.497 e. The van der Waals surface area contributed by atoms with Crippen LogP contribution in [0.2, 0.25) is 5.02 Å². The van der Waals surface area contributed by atoms with E-state index in [2.05, 4.69) is 0 Å². The van der Waals surface area contributed by atoms with Gasteiger partial charge in [0.25, 0.3) is 17.7 Å². The highest BCUT2D eigenvalue weighted by Crippen LogP contribution is 2.44. The van der Waals surface area contributed by atoms with Crippen LogP contribution in [0.1, 0.15) is 32.3 Å². The van der Waals surface area contributed by atoms with Crippen molar-refractivity contribution in [3.05, 3.63) is 94.5 Å². The Kier molecular flexibility index (Phi) is 4.52. The predicted molar refractivity (Wildman–Crippen MR) is 115 cm³/mol. The Morgan fingerprint density at radius 1 is 0.774 bits per heavy atom. The third kappa shape index (κ3) is 2.91. The molecule has 6 nitrogen and oxygen atoms in total. The van der Waals surface area contributed by atoms with Crippen LogP contribution in [-0.2, 0) is 4.79 Å². The highest BCUT2D eigenvalue weighted by molar-refractivity contribution is 6.30. The fourth-order valence-corrected chi connectivity index (χ4v) is 4.36. The zero-order chi connectivity index (χ0) is 21.7. The summed E-state index contributed by atoms with van der Waals surface area (Å²) in [4.78, 5) is 42.1. The van der Waals surface area contributed by atoms with Crippen LogP contribution in [0.15, 0.2) is 72.8 Å². The molecule has 0 aliphatic carbocycles. The number of nitrogens with zero attached hydrogens (tertiary/aromatic N) is 2. The van der Waals surface area contributed by atoms with E-state index in [0.29, 0.717) is 27.6 Å². The van der Waals surface area contributed by atoms with Gasteiger partial charge in [-0.05, 0) is 54.1 Å². The SMILES string of the molecule is COc1cccc(C2C(N3C(=O)c4ccccc4C3=O)C(=O)N2c2ccc(Cl)cc2)c1. The van der Waals surface area contributed by atoms with Crippen molar-refractivity contribution < 1.29 is 19.1 Å². The molecule has 3 amide bonds. The van der Waals surface area contributed by atoms with Crippen molar-refractivity contribution in [2.75, 3.05) is 12.0 Å². The maximum Gasteiger partial charge on any atom is 0.262 e. The molecule has 0 aromatic heterocycles. The summed E-state index contributed by atoms with van der Waals surface area (Å²) in [6.45, 7) is 0. The number of hydrogen-bond acceptors (Lipinski definition) is 4. The molecule has 2 aliphatic heterocycles. The van der Waals surface area contributed by atoms with Crippen molar-refractivity contribution >= 4 is 35.0 Å². The van der Waals surface area contributed by atoms with Gasteiger partial charge >= 0.3 is 0 Å². The minimum atomic E-state index is -0.949. The number of imide groups is 1. The summed E-state index contributed by atoms with van der Waals surface area (Å²) in [6, 6.07) is 19.3. The third-order valence-corrected chi connectivity index (χ3v) is 5.96. The number of hydrogen-bond donors (Lipinski definition) is 0. The van der Waals surface area contributed by atoms with Gasteiger partial charge in [0, 0.05) is 10.7 Å². The average molecular weight is 433 g/mol. The molecular weight excluding hydrogens is 416 g/mol. The van der Waals surface area contributed by atoms with Gasteiger partial charge in [0.1, 0.15) is 11.8 Å². The van der Waals surface area contributed by atoms with Gasteiger partial charge < -0.3 is 9.64 Å². The van der Waals surface area contributed by atoms with E-state index in [1.165, 1.54) is 0 Å². The lowest BCUT2D eigenvalue weighted by Crippen LogP contribution is -2.67. The monoisotopic (exact) mass is 432 g/mol. The van der Waals surface area contributed by atoms with E-state index in [1.54, 1.807) is 66.6 Å². The highest BCUT2D eigenvalue weighted by Gasteiger charge is 2.57. The Morgan fingerprint density at radius 3 is 2.03 bits per heavy atom. The third-order valence-electron chi connectivity index (χ3n) is 5.71. The van der Waals surface area contributed by atoms with Crippen molar-refractivity contribution in [1.29, 1.82) is 0 Å². The number of carbonyl (C=O) groups is 3. The molecule has 1 fully saturated rings. The molecule has 0 N–H and O–H groups in total. The van der Waals surface area contributed by atoms with E-state index in [0.717, 1.165) is 10.5 Å². The van der Waals surface area contributed by atoms with Crippen LogP contribution >= 0.6 is 11.6 Å². The first-order valence-corrected chi connectivity index (χ1v) is 10.1. The summed E-state index contributed by atoms with van der Waals surface area (Å²) < 4.78 is 5.34. The molecule has 1 saturated heterocycles. The second-order valence-corrected chi connectivity index (χ2v) is 7.81. The molecule has 154 valence electrons. The van der Waals surface area contributed by atoms with Crippen molar-refractivity contribution in [2.24, 2.45) is 0 Å². The number of ether oxygens (including phenoxy) is 1. The normalized spacial score (nSPS) is 20.0. The minimum absolute atomic E-state index is 0.314. The lowest BCUT2D eigenvalue weighted by molar-refractivity contribution is -0.130. The molecule has 0 radical (unpaired) electrons. The van der Waals surface area contributed by atoms with Crippen molar-refractivity contribution in [3.63, 3.8) is 0 Å². The molecule has 0 bridgehead atoms. The molecule has 31 heavy (non-hydrogen) atoms. The molecule has 2 heterocycles. The number of fused-ring (bicyclic) bond motifs is 1. The van der Waals surface area contributed by atoms with Crippen LogP contribution in [0.4, 0.5) is 5.69 Å². The predicted octanol–water partition coefficient (Wildman–Crippen LogP) is 4.10. The summed E-state index contributed by atoms with van der Waals surface area (Å²) in [6.07, 6.45) is 0. The van der Waals surface area contributed by atoms with E-state index in [1.807, 2.05) is 18.2 Å². The van der Waals surface area contributed by atoms with Gasteiger partial charge in [-0.15, -0.1) is 0 Å². The average Bonchev–Trinajstić information content (AvgIpc) is 3.04. The number of β-lactam (4-membered cyclic amide) rings is 1. The lowest BCUT2D eigenvalue weighted by atomic mass is 9.86. The van der Waals surface area contributed by atoms with Gasteiger partial charge in [-0.2, -0.15) is 0 Å². The standard InChI is InChI=1S/C24H17ClN2O4/c1-31-17-6-4-5-14(13-17)20-21(24(30)26(20)16-11-9-15(25)10-12-16)27-22(28)18-7-2-3-8-19(18)23(27)29/h2-13,20-21H,1H3. The van der Waals surface area contributed by atoms with E-state index < -0.39 is 23.9 Å². The Balaban J connectivity index is 1.60. The molecule has 3 aromatic rings. The number of benzene rings is 3. The minimum Gasteiger partial charge on any atom is -0.497 e. The first kappa shape index (κ1) is 19.3. The smallest absolute Gasteiger partial charge is 0.262 e. The number of methoxy groups -OCH3 is 1. The topological polar surface area (TPSA) is 66.9 Å². The van der Waals surface area contributed by atoms with Crippen molar-refractivity contribution in [1.82, 2.24) is 4.90 Å².